The fourth-order valence-electron chi connectivity index (χ4n) is 3.19. The molecule has 1 aliphatic heterocycles. The first-order valence-corrected chi connectivity index (χ1v) is 11.4. The minimum absolute atomic E-state index is 0.0311. The number of Topliss-reactive ketones (excluding diaryl/α,β-unsaturated/α-hetero) is 1. The number of para-hydroxylation sites is 1. The Morgan fingerprint density at radius 2 is 1.71 bits per heavy atom. The van der Waals surface area contributed by atoms with E-state index >= 15 is 0 Å². The van der Waals surface area contributed by atoms with Gasteiger partial charge in [-0.2, -0.15) is 5.10 Å². The second-order valence-corrected chi connectivity index (χ2v) is 9.27. The van der Waals surface area contributed by atoms with Crippen molar-refractivity contribution in [3.05, 3.63) is 54.6 Å². The van der Waals surface area contributed by atoms with E-state index in [0.717, 1.165) is 18.5 Å². The van der Waals surface area contributed by atoms with Crippen LogP contribution in [0, 0.1) is 0 Å². The van der Waals surface area contributed by atoms with Crippen LogP contribution in [0.15, 0.2) is 64.6 Å². The van der Waals surface area contributed by atoms with Crippen LogP contribution in [0.25, 0.3) is 0 Å². The third-order valence-electron chi connectivity index (χ3n) is 5.05. The average Bonchev–Trinajstić information content (AvgIpc) is 3.44. The molecule has 9 nitrogen and oxygen atoms in total. The molecule has 10 heteroatoms. The molecule has 0 saturated heterocycles. The summed E-state index contributed by atoms with van der Waals surface area (Å²) in [6, 6.07) is 14.7. The van der Waals surface area contributed by atoms with Crippen molar-refractivity contribution in [2.75, 3.05) is 10.4 Å². The molecule has 31 heavy (non-hydrogen) atoms. The normalized spacial score (nSPS) is 18.4. The highest BCUT2D eigenvalue weighted by Gasteiger charge is 2.34. The van der Waals surface area contributed by atoms with Gasteiger partial charge in [0.1, 0.15) is 11.8 Å². The maximum absolute atomic E-state index is 12.6. The summed E-state index contributed by atoms with van der Waals surface area (Å²) in [5, 5.41) is 5.90. The lowest BCUT2D eigenvalue weighted by Gasteiger charge is -2.20. The highest BCUT2D eigenvalue weighted by atomic mass is 32.2. The molecule has 1 fully saturated rings. The molecule has 1 amide bonds. The van der Waals surface area contributed by atoms with E-state index in [0.29, 0.717) is 5.69 Å². The summed E-state index contributed by atoms with van der Waals surface area (Å²) in [7, 11) is -3.53. The zero-order chi connectivity index (χ0) is 22.0. The van der Waals surface area contributed by atoms with E-state index in [2.05, 4.69) is 20.7 Å². The van der Waals surface area contributed by atoms with E-state index in [-0.39, 0.29) is 28.9 Å². The van der Waals surface area contributed by atoms with E-state index in [1.54, 1.807) is 17.1 Å². The number of hydrogen-bond donors (Lipinski definition) is 3. The van der Waals surface area contributed by atoms with E-state index in [4.69, 9.17) is 0 Å². The first-order valence-electron chi connectivity index (χ1n) is 9.94. The van der Waals surface area contributed by atoms with Gasteiger partial charge in [-0.15, -0.1) is 0 Å². The fraction of sp³-hybridized carbons (Fsp3) is 0.286. The maximum atomic E-state index is 12.6. The molecule has 2 aromatic rings. The lowest BCUT2D eigenvalue weighted by atomic mass is 10.1. The van der Waals surface area contributed by atoms with Gasteiger partial charge in [0, 0.05) is 12.5 Å². The number of nitrogens with one attached hydrogen (secondary N) is 3. The molecule has 3 N–H and O–H groups in total. The summed E-state index contributed by atoms with van der Waals surface area (Å²) >= 11 is 0. The Labute approximate surface area is 180 Å². The van der Waals surface area contributed by atoms with Crippen molar-refractivity contribution in [3.8, 4) is 0 Å². The Hall–Kier alpha value is -3.24. The molecule has 0 bridgehead atoms. The van der Waals surface area contributed by atoms with Crippen molar-refractivity contribution in [2.24, 2.45) is 5.10 Å². The van der Waals surface area contributed by atoms with Gasteiger partial charge < -0.3 is 0 Å². The van der Waals surface area contributed by atoms with Crippen LogP contribution < -0.4 is 20.6 Å². The number of benzene rings is 2. The van der Waals surface area contributed by atoms with Crippen molar-refractivity contribution >= 4 is 38.8 Å². The highest BCUT2D eigenvalue weighted by molar-refractivity contribution is 7.89. The Kier molecular flexibility index (Phi) is 5.75. The molecule has 1 aliphatic carbocycles. The van der Waals surface area contributed by atoms with Gasteiger partial charge >= 0.3 is 0 Å². The van der Waals surface area contributed by atoms with Crippen LogP contribution in [0.5, 0.6) is 0 Å². The van der Waals surface area contributed by atoms with E-state index in [9.17, 15) is 18.0 Å². The van der Waals surface area contributed by atoms with E-state index < -0.39 is 22.0 Å². The Bertz CT molecular complexity index is 1110. The van der Waals surface area contributed by atoms with Gasteiger partial charge in [0.25, 0.3) is 5.91 Å². The van der Waals surface area contributed by atoms with Gasteiger partial charge in [-0.1, -0.05) is 18.2 Å². The molecular weight excluding hydrogens is 418 g/mol. The number of carbonyl (C=O) groups is 2. The van der Waals surface area contributed by atoms with Crippen LogP contribution in [0.4, 0.5) is 11.4 Å². The number of hydrazone groups is 1. The number of hydrogen-bond acceptors (Lipinski definition) is 7. The number of carbonyl (C=O) groups excluding carboxylic acids is 2. The number of rotatable bonds is 8. The summed E-state index contributed by atoms with van der Waals surface area (Å²) in [5.41, 5.74) is 6.77. The van der Waals surface area contributed by atoms with Crippen LogP contribution in [-0.4, -0.2) is 37.9 Å². The zero-order valence-corrected chi connectivity index (χ0v) is 17.7. The molecule has 1 atom stereocenters. The van der Waals surface area contributed by atoms with Gasteiger partial charge in [-0.3, -0.25) is 25.4 Å². The molecule has 1 saturated carbocycles. The topological polar surface area (TPSA) is 120 Å². The summed E-state index contributed by atoms with van der Waals surface area (Å²) in [6.45, 7) is 1.48. The van der Waals surface area contributed by atoms with Gasteiger partial charge in [-0.25, -0.2) is 13.1 Å². The number of amides is 1. The summed E-state index contributed by atoms with van der Waals surface area (Å²) in [6.07, 6.45) is 1.92. The second-order valence-electron chi connectivity index (χ2n) is 7.56. The Balaban J connectivity index is 1.39. The van der Waals surface area contributed by atoms with Gasteiger partial charge in [0.15, 0.2) is 5.78 Å². The minimum atomic E-state index is -3.53. The number of nitrogens with zero attached hydrogens (tertiary/aromatic N) is 2. The third-order valence-corrected chi connectivity index (χ3v) is 6.58. The lowest BCUT2D eigenvalue weighted by molar-refractivity contribution is -0.118. The van der Waals surface area contributed by atoms with Crippen molar-refractivity contribution in [1.29, 1.82) is 0 Å². The smallest absolute Gasteiger partial charge is 0.285 e. The first-order chi connectivity index (χ1) is 14.8. The predicted molar refractivity (Wildman–Crippen MR) is 117 cm³/mol. The second kappa shape index (κ2) is 8.48. The number of hydrazine groups is 1. The molecule has 0 spiro atoms. The van der Waals surface area contributed by atoms with Crippen molar-refractivity contribution < 1.29 is 18.0 Å². The quantitative estimate of drug-likeness (QED) is 0.538. The first kappa shape index (κ1) is 21.0. The number of anilines is 2. The van der Waals surface area contributed by atoms with Gasteiger partial charge in [0.05, 0.1) is 16.3 Å². The number of sulfonamides is 1. The molecule has 1 unspecified atom stereocenters. The van der Waals surface area contributed by atoms with Crippen molar-refractivity contribution in [1.82, 2.24) is 10.1 Å². The van der Waals surface area contributed by atoms with Crippen LogP contribution in [-0.2, 0) is 19.6 Å². The maximum Gasteiger partial charge on any atom is 0.285 e. The van der Waals surface area contributed by atoms with Crippen LogP contribution in [0.2, 0.25) is 0 Å². The molecule has 1 heterocycles. The number of ketones is 1. The Morgan fingerprint density at radius 3 is 2.32 bits per heavy atom. The van der Waals surface area contributed by atoms with Crippen molar-refractivity contribution in [3.63, 3.8) is 0 Å². The average molecular weight is 442 g/mol. The summed E-state index contributed by atoms with van der Waals surface area (Å²) < 4.78 is 27.1. The molecule has 0 aromatic heterocycles. The minimum Gasteiger partial charge on any atom is -0.298 e. The Morgan fingerprint density at radius 1 is 1.03 bits per heavy atom. The van der Waals surface area contributed by atoms with Crippen molar-refractivity contribution in [2.45, 2.75) is 43.2 Å². The standard InChI is InChI=1S/C21H23N5O4S/c1-14(27)20-13-19(24-26(20)17-5-3-2-4-6-17)21(28)23-22-15-9-11-18(12-10-15)31(29,30)25-16-7-8-16/h2-6,9-12,16,20,22,25H,7-8,13H2,1H3,(H,23,28). The molecule has 2 aromatic carbocycles. The van der Waals surface area contributed by atoms with Crippen LogP contribution in [0.1, 0.15) is 26.2 Å². The summed E-state index contributed by atoms with van der Waals surface area (Å²) in [5.74, 6) is -0.545. The predicted octanol–water partition coefficient (Wildman–Crippen LogP) is 1.79. The molecule has 0 radical (unpaired) electrons. The van der Waals surface area contributed by atoms with E-state index in [1.807, 2.05) is 30.3 Å². The molecular formula is C21H23N5O4S. The zero-order valence-electron chi connectivity index (χ0n) is 16.9. The molecule has 4 rings (SSSR count). The van der Waals surface area contributed by atoms with E-state index in [1.165, 1.54) is 19.1 Å². The fourth-order valence-corrected chi connectivity index (χ4v) is 4.49. The lowest BCUT2D eigenvalue weighted by Crippen LogP contribution is -2.36. The SMILES string of the molecule is CC(=O)C1CC(C(=O)NNc2ccc(S(=O)(=O)NC3CC3)cc2)=NN1c1ccccc1. The monoisotopic (exact) mass is 441 g/mol. The van der Waals surface area contributed by atoms with Gasteiger partial charge in [-0.05, 0) is 56.2 Å². The van der Waals surface area contributed by atoms with Gasteiger partial charge in [0.2, 0.25) is 10.0 Å². The largest absolute Gasteiger partial charge is 0.298 e. The van der Waals surface area contributed by atoms with Crippen LogP contribution in [0.3, 0.4) is 0 Å². The molecule has 162 valence electrons. The third kappa shape index (κ3) is 4.92. The van der Waals surface area contributed by atoms with Crippen LogP contribution >= 0.6 is 0 Å². The summed E-state index contributed by atoms with van der Waals surface area (Å²) in [4.78, 5) is 24.8. The highest BCUT2D eigenvalue weighted by Crippen LogP contribution is 2.25. The molecule has 2 aliphatic rings.